The van der Waals surface area contributed by atoms with Gasteiger partial charge in [-0.15, -0.1) is 0 Å². The molecule has 2 amide bonds. The lowest BCUT2D eigenvalue weighted by atomic mass is 9.93. The van der Waals surface area contributed by atoms with Crippen molar-refractivity contribution in [1.82, 2.24) is 20.4 Å². The quantitative estimate of drug-likeness (QED) is 0.656. The Kier molecular flexibility index (Phi) is 5.46. The predicted molar refractivity (Wildman–Crippen MR) is 107 cm³/mol. The van der Waals surface area contributed by atoms with Crippen LogP contribution in [0, 0.1) is 0 Å². The van der Waals surface area contributed by atoms with Crippen molar-refractivity contribution in [2.45, 2.75) is 38.1 Å². The first-order valence-electron chi connectivity index (χ1n) is 9.84. The predicted octanol–water partition coefficient (Wildman–Crippen LogP) is 3.86. The van der Waals surface area contributed by atoms with Gasteiger partial charge in [0.2, 0.25) is 0 Å². The van der Waals surface area contributed by atoms with E-state index in [-0.39, 0.29) is 11.9 Å². The monoisotopic (exact) mass is 378 g/mol. The first kappa shape index (κ1) is 18.3. The zero-order valence-corrected chi connectivity index (χ0v) is 16.1. The number of hydrogen-bond acceptors (Lipinski definition) is 3. The van der Waals surface area contributed by atoms with Crippen molar-refractivity contribution >= 4 is 6.03 Å². The summed E-state index contributed by atoms with van der Waals surface area (Å²) in [6, 6.07) is 14.1. The number of urea groups is 1. The van der Waals surface area contributed by atoms with Gasteiger partial charge in [0.05, 0.1) is 18.5 Å². The molecule has 2 heterocycles. The van der Waals surface area contributed by atoms with Crippen molar-refractivity contribution in [2.24, 2.45) is 0 Å². The van der Waals surface area contributed by atoms with Gasteiger partial charge >= 0.3 is 6.03 Å². The Morgan fingerprint density at radius 3 is 2.89 bits per heavy atom. The highest BCUT2D eigenvalue weighted by Gasteiger charge is 2.21. The summed E-state index contributed by atoms with van der Waals surface area (Å²) < 4.78 is 5.63. The number of nitrogens with one attached hydrogen (secondary N) is 2. The van der Waals surface area contributed by atoms with E-state index in [2.05, 4.69) is 27.6 Å². The Labute approximate surface area is 164 Å². The van der Waals surface area contributed by atoms with Gasteiger partial charge in [-0.1, -0.05) is 30.3 Å². The highest BCUT2D eigenvalue weighted by molar-refractivity contribution is 5.73. The van der Waals surface area contributed by atoms with E-state index >= 15 is 0 Å². The van der Waals surface area contributed by atoms with Crippen molar-refractivity contribution < 1.29 is 9.21 Å². The Morgan fingerprint density at radius 1 is 1.25 bits per heavy atom. The molecule has 1 unspecified atom stereocenters. The highest BCUT2D eigenvalue weighted by atomic mass is 16.3. The van der Waals surface area contributed by atoms with Gasteiger partial charge in [0.1, 0.15) is 5.76 Å². The van der Waals surface area contributed by atoms with Crippen molar-refractivity contribution in [3.63, 3.8) is 0 Å². The number of amides is 2. The van der Waals surface area contributed by atoms with Crippen LogP contribution in [0.2, 0.25) is 0 Å². The molecule has 1 atom stereocenters. The molecule has 4 rings (SSSR count). The molecule has 2 N–H and O–H groups in total. The van der Waals surface area contributed by atoms with Crippen LogP contribution in [0.5, 0.6) is 0 Å². The summed E-state index contributed by atoms with van der Waals surface area (Å²) in [7, 11) is 1.81. The van der Waals surface area contributed by atoms with Crippen molar-refractivity contribution in [3.8, 4) is 0 Å². The second-order valence-electron chi connectivity index (χ2n) is 7.34. The number of benzene rings is 1. The third-order valence-corrected chi connectivity index (χ3v) is 5.42. The second kappa shape index (κ2) is 8.33. The van der Waals surface area contributed by atoms with E-state index in [4.69, 9.17) is 4.42 Å². The van der Waals surface area contributed by atoms with E-state index in [1.165, 1.54) is 23.2 Å². The summed E-state index contributed by atoms with van der Waals surface area (Å²) in [5, 5.41) is 10.5. The normalized spacial score (nSPS) is 13.9. The van der Waals surface area contributed by atoms with Gasteiger partial charge < -0.3 is 14.6 Å². The average Bonchev–Trinajstić information content (AvgIpc) is 3.46. The Morgan fingerprint density at radius 2 is 2.11 bits per heavy atom. The maximum atomic E-state index is 12.5. The summed E-state index contributed by atoms with van der Waals surface area (Å²) in [6.45, 7) is 1.10. The van der Waals surface area contributed by atoms with Crippen LogP contribution in [0.25, 0.3) is 0 Å². The van der Waals surface area contributed by atoms with E-state index in [0.717, 1.165) is 30.7 Å². The molecule has 2 aromatic heterocycles. The molecule has 6 nitrogen and oxygen atoms in total. The number of hydrogen-bond donors (Lipinski definition) is 2. The lowest BCUT2D eigenvalue weighted by Crippen LogP contribution is -2.37. The van der Waals surface area contributed by atoms with Gasteiger partial charge in [0, 0.05) is 25.2 Å². The maximum Gasteiger partial charge on any atom is 0.317 e. The number of aromatic nitrogens is 2. The number of H-pyrrole nitrogens is 1. The molecule has 0 radical (unpaired) electrons. The maximum absolute atomic E-state index is 12.5. The third kappa shape index (κ3) is 3.96. The summed E-state index contributed by atoms with van der Waals surface area (Å²) in [5.74, 6) is 1.04. The molecule has 1 aliphatic rings. The number of fused-ring (bicyclic) bond motifs is 1. The summed E-state index contributed by atoms with van der Waals surface area (Å²) in [6.07, 6.45) is 5.75. The fourth-order valence-corrected chi connectivity index (χ4v) is 3.92. The number of rotatable bonds is 7. The molecule has 28 heavy (non-hydrogen) atoms. The van der Waals surface area contributed by atoms with Crippen LogP contribution in [-0.4, -0.2) is 34.7 Å². The van der Waals surface area contributed by atoms with Crippen LogP contribution in [0.15, 0.2) is 53.1 Å². The number of furan rings is 1. The van der Waals surface area contributed by atoms with Gasteiger partial charge in [0.25, 0.3) is 0 Å². The van der Waals surface area contributed by atoms with Gasteiger partial charge in [-0.3, -0.25) is 5.10 Å². The Hall–Kier alpha value is -3.02. The smallest absolute Gasteiger partial charge is 0.317 e. The van der Waals surface area contributed by atoms with Crippen molar-refractivity contribution in [2.75, 3.05) is 13.6 Å². The number of aromatic amines is 1. The molecule has 146 valence electrons. The molecule has 0 saturated carbocycles. The van der Waals surface area contributed by atoms with Crippen LogP contribution in [0.1, 0.15) is 47.0 Å². The van der Waals surface area contributed by atoms with Crippen molar-refractivity contribution in [3.05, 3.63) is 77.0 Å². The average molecular weight is 378 g/mol. The Balaban J connectivity index is 1.33. The molecular weight excluding hydrogens is 352 g/mol. The largest absolute Gasteiger partial charge is 0.469 e. The summed E-state index contributed by atoms with van der Waals surface area (Å²) in [5.41, 5.74) is 4.70. The topological polar surface area (TPSA) is 74.2 Å². The highest BCUT2D eigenvalue weighted by Crippen LogP contribution is 2.28. The SMILES string of the molecule is CN(Cc1n[nH]c2c1CCC2)C(=O)NCCC(c1ccccc1)c1ccco1. The first-order valence-corrected chi connectivity index (χ1v) is 9.84. The van der Waals surface area contributed by atoms with Crippen LogP contribution < -0.4 is 5.32 Å². The van der Waals surface area contributed by atoms with Gasteiger partial charge in [-0.05, 0) is 48.9 Å². The minimum atomic E-state index is -0.0824. The molecule has 0 spiro atoms. The summed E-state index contributed by atoms with van der Waals surface area (Å²) in [4.78, 5) is 14.2. The zero-order chi connectivity index (χ0) is 19.3. The van der Waals surface area contributed by atoms with Gasteiger partial charge in [-0.2, -0.15) is 5.10 Å². The molecule has 0 aliphatic heterocycles. The fraction of sp³-hybridized carbons (Fsp3) is 0.364. The lowest BCUT2D eigenvalue weighted by Gasteiger charge is -2.19. The van der Waals surface area contributed by atoms with E-state index < -0.39 is 0 Å². The Bertz CT molecular complexity index is 902. The van der Waals surface area contributed by atoms with Gasteiger partial charge in [-0.25, -0.2) is 4.79 Å². The number of aryl methyl sites for hydroxylation is 1. The van der Waals surface area contributed by atoms with E-state index in [1.807, 2.05) is 37.4 Å². The molecule has 0 fully saturated rings. The standard InChI is InChI=1S/C22H26N4O2/c1-26(15-20-18-9-5-10-19(18)24-25-20)22(27)23-13-12-17(21-11-6-14-28-21)16-7-3-2-4-8-16/h2-4,6-8,11,14,17H,5,9-10,12-13,15H2,1H3,(H,23,27)(H,24,25). The molecule has 6 heteroatoms. The van der Waals surface area contributed by atoms with Gasteiger partial charge in [0.15, 0.2) is 0 Å². The molecule has 1 aliphatic carbocycles. The van der Waals surface area contributed by atoms with Crippen LogP contribution in [0.4, 0.5) is 4.79 Å². The minimum absolute atomic E-state index is 0.0824. The van der Waals surface area contributed by atoms with Crippen LogP contribution in [-0.2, 0) is 19.4 Å². The van der Waals surface area contributed by atoms with E-state index in [9.17, 15) is 4.79 Å². The molecule has 0 bridgehead atoms. The summed E-state index contributed by atoms with van der Waals surface area (Å²) >= 11 is 0. The molecular formula is C22H26N4O2. The molecule has 3 aromatic rings. The fourth-order valence-electron chi connectivity index (χ4n) is 3.92. The lowest BCUT2D eigenvalue weighted by molar-refractivity contribution is 0.206. The minimum Gasteiger partial charge on any atom is -0.469 e. The first-order chi connectivity index (χ1) is 13.7. The van der Waals surface area contributed by atoms with E-state index in [0.29, 0.717) is 13.1 Å². The van der Waals surface area contributed by atoms with Crippen LogP contribution >= 0.6 is 0 Å². The molecule has 0 saturated heterocycles. The third-order valence-electron chi connectivity index (χ3n) is 5.42. The zero-order valence-electron chi connectivity index (χ0n) is 16.1. The number of carbonyl (C=O) groups excluding carboxylic acids is 1. The van der Waals surface area contributed by atoms with Crippen LogP contribution in [0.3, 0.4) is 0 Å². The van der Waals surface area contributed by atoms with Crippen molar-refractivity contribution in [1.29, 1.82) is 0 Å². The molecule has 1 aromatic carbocycles. The second-order valence-corrected chi connectivity index (χ2v) is 7.34. The van der Waals surface area contributed by atoms with E-state index in [1.54, 1.807) is 11.2 Å². The number of carbonyl (C=O) groups is 1. The number of nitrogens with zero attached hydrogens (tertiary/aromatic N) is 2.